The molecule has 1 atom stereocenters. The first-order valence-electron chi connectivity index (χ1n) is 10.5. The second-order valence-corrected chi connectivity index (χ2v) is 10.2. The molecule has 9 heteroatoms. The number of sulfonamides is 1. The van der Waals surface area contributed by atoms with Gasteiger partial charge in [-0.05, 0) is 41.5 Å². The highest BCUT2D eigenvalue weighted by Crippen LogP contribution is 2.40. The maximum atomic E-state index is 13.1. The van der Waals surface area contributed by atoms with Gasteiger partial charge in [0.1, 0.15) is 5.76 Å². The van der Waals surface area contributed by atoms with Gasteiger partial charge in [0.25, 0.3) is 11.7 Å². The molecule has 1 amide bonds. The van der Waals surface area contributed by atoms with E-state index in [2.05, 4.69) is 4.98 Å². The van der Waals surface area contributed by atoms with E-state index in [1.165, 1.54) is 43.3 Å². The minimum Gasteiger partial charge on any atom is -0.507 e. The number of benzene rings is 2. The lowest BCUT2D eigenvalue weighted by Gasteiger charge is -2.25. The van der Waals surface area contributed by atoms with Crippen LogP contribution in [0.15, 0.2) is 89.6 Å². The first kappa shape index (κ1) is 23.3. The largest absolute Gasteiger partial charge is 0.507 e. The number of aliphatic hydroxyl groups is 1. The predicted molar refractivity (Wildman–Crippen MR) is 126 cm³/mol. The molecule has 0 unspecified atom stereocenters. The Labute approximate surface area is 197 Å². The van der Waals surface area contributed by atoms with Gasteiger partial charge in [-0.15, -0.1) is 0 Å². The van der Waals surface area contributed by atoms with Crippen molar-refractivity contribution in [1.29, 1.82) is 0 Å². The van der Waals surface area contributed by atoms with Crippen LogP contribution in [0, 0.1) is 0 Å². The molecule has 1 aromatic heterocycles. The molecule has 1 saturated heterocycles. The summed E-state index contributed by atoms with van der Waals surface area (Å²) in [5, 5.41) is 11.1. The number of carbonyl (C=O) groups excluding carboxylic acids is 2. The molecule has 174 valence electrons. The summed E-state index contributed by atoms with van der Waals surface area (Å²) < 4.78 is 25.8. The Morgan fingerprint density at radius 3 is 2.26 bits per heavy atom. The maximum Gasteiger partial charge on any atom is 0.295 e. The molecule has 3 aromatic rings. The Bertz CT molecular complexity index is 1350. The molecule has 2 aromatic carbocycles. The van der Waals surface area contributed by atoms with E-state index in [9.17, 15) is 23.1 Å². The van der Waals surface area contributed by atoms with E-state index in [4.69, 9.17) is 0 Å². The smallest absolute Gasteiger partial charge is 0.295 e. The van der Waals surface area contributed by atoms with Crippen LogP contribution in [0.3, 0.4) is 0 Å². The van der Waals surface area contributed by atoms with E-state index in [-0.39, 0.29) is 28.3 Å². The molecule has 0 spiro atoms. The van der Waals surface area contributed by atoms with Crippen molar-refractivity contribution in [2.75, 3.05) is 14.1 Å². The van der Waals surface area contributed by atoms with E-state index in [1.807, 2.05) is 6.07 Å². The van der Waals surface area contributed by atoms with Gasteiger partial charge in [0.15, 0.2) is 0 Å². The summed E-state index contributed by atoms with van der Waals surface area (Å²) in [7, 11) is -0.808. The fourth-order valence-corrected chi connectivity index (χ4v) is 4.77. The fourth-order valence-electron chi connectivity index (χ4n) is 3.86. The molecule has 1 fully saturated rings. The van der Waals surface area contributed by atoms with Crippen LogP contribution >= 0.6 is 0 Å². The van der Waals surface area contributed by atoms with Crippen LogP contribution in [0.5, 0.6) is 0 Å². The number of hydrogen-bond donors (Lipinski definition) is 1. The van der Waals surface area contributed by atoms with E-state index in [0.29, 0.717) is 5.56 Å². The summed E-state index contributed by atoms with van der Waals surface area (Å²) in [6, 6.07) is 17.3. The van der Waals surface area contributed by atoms with Crippen molar-refractivity contribution >= 4 is 27.5 Å². The van der Waals surface area contributed by atoms with Gasteiger partial charge in [-0.25, -0.2) is 12.7 Å². The molecule has 2 heterocycles. The minimum atomic E-state index is -3.65. The molecule has 0 aliphatic carbocycles. The van der Waals surface area contributed by atoms with Gasteiger partial charge in [-0.3, -0.25) is 14.6 Å². The van der Waals surface area contributed by atoms with Gasteiger partial charge >= 0.3 is 0 Å². The third kappa shape index (κ3) is 4.23. The zero-order chi connectivity index (χ0) is 24.5. The molecule has 8 nitrogen and oxygen atoms in total. The number of hydrogen-bond acceptors (Lipinski definition) is 6. The van der Waals surface area contributed by atoms with Gasteiger partial charge in [-0.2, -0.15) is 0 Å². The van der Waals surface area contributed by atoms with E-state index in [0.717, 1.165) is 9.87 Å². The van der Waals surface area contributed by atoms with E-state index in [1.54, 1.807) is 48.8 Å². The number of Topliss-reactive ketones (excluding diaryl/α,β-unsaturated/α-hetero) is 1. The molecule has 4 rings (SSSR count). The Hall–Kier alpha value is -3.82. The average Bonchev–Trinajstić information content (AvgIpc) is 3.09. The SMILES string of the molecule is CN(C)S(=O)(=O)c1ccc(C(O)=C2C(=O)C(=O)N(Cc3cccnc3)[C@@H]2c2ccccc2)cc1. The quantitative estimate of drug-likeness (QED) is 0.332. The number of aliphatic hydroxyl groups excluding tert-OH is 1. The zero-order valence-corrected chi connectivity index (χ0v) is 19.4. The second-order valence-electron chi connectivity index (χ2n) is 8.01. The number of likely N-dealkylation sites (tertiary alicyclic amines) is 1. The standard InChI is InChI=1S/C25H23N3O5S/c1-27(2)34(32,33)20-12-10-19(11-13-20)23(29)21-22(18-8-4-3-5-9-18)28(25(31)24(21)30)16-17-7-6-14-26-15-17/h3-15,22,29H,16H2,1-2H3/t22-/m1/s1. The number of carbonyl (C=O) groups is 2. The lowest BCUT2D eigenvalue weighted by molar-refractivity contribution is -0.140. The minimum absolute atomic E-state index is 0.0469. The third-order valence-corrected chi connectivity index (χ3v) is 7.47. The van der Waals surface area contributed by atoms with E-state index < -0.39 is 27.8 Å². The molecule has 1 N–H and O–H groups in total. The molecular formula is C25H23N3O5S. The van der Waals surface area contributed by atoms with Crippen molar-refractivity contribution in [3.05, 3.63) is 101 Å². The molecule has 0 radical (unpaired) electrons. The lowest BCUT2D eigenvalue weighted by atomic mass is 9.95. The van der Waals surface area contributed by atoms with Crippen molar-refractivity contribution in [2.45, 2.75) is 17.5 Å². The first-order valence-corrected chi connectivity index (χ1v) is 11.9. The normalized spacial score (nSPS) is 18.0. The van der Waals surface area contributed by atoms with Crippen LogP contribution in [0.2, 0.25) is 0 Å². The highest BCUT2D eigenvalue weighted by molar-refractivity contribution is 7.89. The summed E-state index contributed by atoms with van der Waals surface area (Å²) in [4.78, 5) is 31.6. The number of ketones is 1. The number of nitrogens with zero attached hydrogens (tertiary/aromatic N) is 3. The number of rotatable bonds is 6. The lowest BCUT2D eigenvalue weighted by Crippen LogP contribution is -2.29. The first-order chi connectivity index (χ1) is 16.2. The zero-order valence-electron chi connectivity index (χ0n) is 18.6. The van der Waals surface area contributed by atoms with Crippen LogP contribution in [0.4, 0.5) is 0 Å². The number of aromatic nitrogens is 1. The number of pyridine rings is 1. The molecule has 1 aliphatic rings. The second kappa shape index (κ2) is 9.20. The highest BCUT2D eigenvalue weighted by atomic mass is 32.2. The van der Waals surface area contributed by atoms with Crippen molar-refractivity contribution in [3.8, 4) is 0 Å². The van der Waals surface area contributed by atoms with Crippen molar-refractivity contribution < 1.29 is 23.1 Å². The van der Waals surface area contributed by atoms with Gasteiger partial charge in [0, 0.05) is 38.6 Å². The Kier molecular flexibility index (Phi) is 6.32. The number of amides is 1. The summed E-state index contributed by atoms with van der Waals surface area (Å²) in [6.07, 6.45) is 3.23. The van der Waals surface area contributed by atoms with Crippen LogP contribution in [-0.4, -0.2) is 53.5 Å². The average molecular weight is 478 g/mol. The molecule has 34 heavy (non-hydrogen) atoms. The van der Waals surface area contributed by atoms with Gasteiger partial charge < -0.3 is 10.0 Å². The monoisotopic (exact) mass is 477 g/mol. The molecular weight excluding hydrogens is 454 g/mol. The maximum absolute atomic E-state index is 13.1. The topological polar surface area (TPSA) is 108 Å². The summed E-state index contributed by atoms with van der Waals surface area (Å²) in [6.45, 7) is 0.134. The van der Waals surface area contributed by atoms with Gasteiger partial charge in [-0.1, -0.05) is 36.4 Å². The Morgan fingerprint density at radius 2 is 1.68 bits per heavy atom. The van der Waals surface area contributed by atoms with Crippen molar-refractivity contribution in [1.82, 2.24) is 14.2 Å². The predicted octanol–water partition coefficient (Wildman–Crippen LogP) is 2.95. The molecule has 0 saturated carbocycles. The van der Waals surface area contributed by atoms with Crippen LogP contribution in [0.25, 0.3) is 5.76 Å². The molecule has 0 bridgehead atoms. The summed E-state index contributed by atoms with van der Waals surface area (Å²) in [5.74, 6) is -1.90. The summed E-state index contributed by atoms with van der Waals surface area (Å²) >= 11 is 0. The highest BCUT2D eigenvalue weighted by Gasteiger charge is 2.46. The van der Waals surface area contributed by atoms with Crippen LogP contribution in [0.1, 0.15) is 22.7 Å². The van der Waals surface area contributed by atoms with Crippen molar-refractivity contribution in [3.63, 3.8) is 0 Å². The van der Waals surface area contributed by atoms with Gasteiger partial charge in [0.2, 0.25) is 10.0 Å². The fraction of sp³-hybridized carbons (Fsp3) is 0.160. The Morgan fingerprint density at radius 1 is 1.00 bits per heavy atom. The van der Waals surface area contributed by atoms with Gasteiger partial charge in [0.05, 0.1) is 16.5 Å². The Balaban J connectivity index is 1.81. The van der Waals surface area contributed by atoms with Crippen LogP contribution in [-0.2, 0) is 26.2 Å². The van der Waals surface area contributed by atoms with Crippen LogP contribution < -0.4 is 0 Å². The molecule has 1 aliphatic heterocycles. The third-order valence-electron chi connectivity index (χ3n) is 5.64. The van der Waals surface area contributed by atoms with Crippen molar-refractivity contribution in [2.24, 2.45) is 0 Å². The summed E-state index contributed by atoms with van der Waals surface area (Å²) in [5.41, 5.74) is 1.59. The van der Waals surface area contributed by atoms with E-state index >= 15 is 0 Å².